The smallest absolute Gasteiger partial charge is 0.0304 e. The Kier molecular flexibility index (Phi) is 6.25. The first-order chi connectivity index (χ1) is 10.2. The molecule has 1 aliphatic heterocycles. The zero-order chi connectivity index (χ0) is 15.1. The summed E-state index contributed by atoms with van der Waals surface area (Å²) in [5, 5.41) is 3.85. The molecule has 1 aliphatic rings. The van der Waals surface area contributed by atoms with Gasteiger partial charge in [-0.3, -0.25) is 4.90 Å². The second-order valence-corrected chi connectivity index (χ2v) is 6.52. The number of nitrogens with one attached hydrogen (secondary N) is 1. The van der Waals surface area contributed by atoms with E-state index < -0.39 is 0 Å². The Bertz CT molecular complexity index is 397. The van der Waals surface area contributed by atoms with Gasteiger partial charge in [-0.05, 0) is 31.2 Å². The van der Waals surface area contributed by atoms with Crippen molar-refractivity contribution in [3.05, 3.63) is 35.9 Å². The second-order valence-electron chi connectivity index (χ2n) is 6.52. The monoisotopic (exact) mass is 288 g/mol. The van der Waals surface area contributed by atoms with Gasteiger partial charge in [-0.2, -0.15) is 0 Å². The van der Waals surface area contributed by atoms with Crippen LogP contribution in [-0.4, -0.2) is 36.1 Å². The number of nitrogens with zero attached hydrogens (tertiary/aromatic N) is 1. The van der Waals surface area contributed by atoms with E-state index in [1.54, 1.807) is 0 Å². The molecular formula is C19H32N2. The zero-order valence-corrected chi connectivity index (χ0v) is 14.1. The zero-order valence-electron chi connectivity index (χ0n) is 14.1. The molecular weight excluding hydrogens is 256 g/mol. The Hall–Kier alpha value is -0.860. The van der Waals surface area contributed by atoms with Crippen LogP contribution in [0.2, 0.25) is 0 Å². The molecule has 0 aliphatic carbocycles. The van der Waals surface area contributed by atoms with Crippen molar-refractivity contribution in [2.75, 3.05) is 19.6 Å². The third-order valence-electron chi connectivity index (χ3n) is 5.24. The first-order valence-electron chi connectivity index (χ1n) is 8.76. The SMILES string of the molecule is CCCC1CNC(CC)(CC)CN1CCc1ccccc1. The first kappa shape index (κ1) is 16.5. The van der Waals surface area contributed by atoms with E-state index in [0.29, 0.717) is 11.6 Å². The van der Waals surface area contributed by atoms with Crippen molar-refractivity contribution in [3.8, 4) is 0 Å². The van der Waals surface area contributed by atoms with Crippen LogP contribution < -0.4 is 5.32 Å². The van der Waals surface area contributed by atoms with Gasteiger partial charge in [-0.15, -0.1) is 0 Å². The van der Waals surface area contributed by atoms with Gasteiger partial charge < -0.3 is 5.32 Å². The molecule has 1 N–H and O–H groups in total. The molecule has 0 radical (unpaired) electrons. The molecule has 21 heavy (non-hydrogen) atoms. The molecule has 0 spiro atoms. The minimum atomic E-state index is 0.334. The topological polar surface area (TPSA) is 15.3 Å². The molecule has 1 fully saturated rings. The number of piperazine rings is 1. The molecule has 118 valence electrons. The fourth-order valence-electron chi connectivity index (χ4n) is 3.56. The van der Waals surface area contributed by atoms with Crippen molar-refractivity contribution in [2.45, 2.75) is 64.5 Å². The van der Waals surface area contributed by atoms with Crippen LogP contribution in [-0.2, 0) is 6.42 Å². The molecule has 1 heterocycles. The first-order valence-corrected chi connectivity index (χ1v) is 8.76. The molecule has 2 rings (SSSR count). The highest BCUT2D eigenvalue weighted by Crippen LogP contribution is 2.24. The summed E-state index contributed by atoms with van der Waals surface area (Å²) in [7, 11) is 0. The van der Waals surface area contributed by atoms with E-state index in [1.165, 1.54) is 50.8 Å². The summed E-state index contributed by atoms with van der Waals surface area (Å²) in [5.74, 6) is 0. The highest BCUT2D eigenvalue weighted by atomic mass is 15.2. The van der Waals surface area contributed by atoms with Crippen molar-refractivity contribution in [2.24, 2.45) is 0 Å². The van der Waals surface area contributed by atoms with Crippen molar-refractivity contribution >= 4 is 0 Å². The Morgan fingerprint density at radius 1 is 1.14 bits per heavy atom. The molecule has 1 unspecified atom stereocenters. The van der Waals surface area contributed by atoms with E-state index in [9.17, 15) is 0 Å². The van der Waals surface area contributed by atoms with Crippen molar-refractivity contribution in [1.29, 1.82) is 0 Å². The summed E-state index contributed by atoms with van der Waals surface area (Å²) in [6.07, 6.45) is 6.21. The lowest BCUT2D eigenvalue weighted by atomic mass is 9.87. The summed E-state index contributed by atoms with van der Waals surface area (Å²) >= 11 is 0. The van der Waals surface area contributed by atoms with Crippen LogP contribution in [0.5, 0.6) is 0 Å². The number of rotatable bonds is 7. The molecule has 1 aromatic rings. The van der Waals surface area contributed by atoms with E-state index >= 15 is 0 Å². The van der Waals surface area contributed by atoms with Crippen molar-refractivity contribution < 1.29 is 0 Å². The van der Waals surface area contributed by atoms with Crippen LogP contribution in [0.3, 0.4) is 0 Å². The fourth-order valence-corrected chi connectivity index (χ4v) is 3.56. The van der Waals surface area contributed by atoms with E-state index in [1.807, 2.05) is 0 Å². The quantitative estimate of drug-likeness (QED) is 0.819. The van der Waals surface area contributed by atoms with Gasteiger partial charge >= 0.3 is 0 Å². The van der Waals surface area contributed by atoms with E-state index in [4.69, 9.17) is 0 Å². The maximum absolute atomic E-state index is 3.85. The third-order valence-corrected chi connectivity index (χ3v) is 5.24. The normalized spacial score (nSPS) is 22.3. The lowest BCUT2D eigenvalue weighted by molar-refractivity contribution is 0.0689. The van der Waals surface area contributed by atoms with Crippen LogP contribution >= 0.6 is 0 Å². The van der Waals surface area contributed by atoms with Gasteiger partial charge in [0.25, 0.3) is 0 Å². The summed E-state index contributed by atoms with van der Waals surface area (Å²) in [4.78, 5) is 2.75. The predicted molar refractivity (Wildman–Crippen MR) is 91.7 cm³/mol. The molecule has 1 atom stereocenters. The largest absolute Gasteiger partial charge is 0.308 e. The fraction of sp³-hybridized carbons (Fsp3) is 0.684. The summed E-state index contributed by atoms with van der Waals surface area (Å²) < 4.78 is 0. The van der Waals surface area contributed by atoms with Gasteiger partial charge in [0.2, 0.25) is 0 Å². The minimum Gasteiger partial charge on any atom is -0.308 e. The summed E-state index contributed by atoms with van der Waals surface area (Å²) in [6.45, 7) is 10.5. The van der Waals surface area contributed by atoms with Gasteiger partial charge in [0.1, 0.15) is 0 Å². The Labute approximate surface area is 130 Å². The van der Waals surface area contributed by atoms with E-state index in [0.717, 1.165) is 6.54 Å². The molecule has 1 saturated heterocycles. The van der Waals surface area contributed by atoms with Gasteiger partial charge in [0, 0.05) is 31.2 Å². The average molecular weight is 288 g/mol. The van der Waals surface area contributed by atoms with Crippen LogP contribution in [0.25, 0.3) is 0 Å². The Morgan fingerprint density at radius 2 is 1.86 bits per heavy atom. The lowest BCUT2D eigenvalue weighted by Crippen LogP contribution is -2.64. The number of hydrogen-bond donors (Lipinski definition) is 1. The number of hydrogen-bond acceptors (Lipinski definition) is 2. The van der Waals surface area contributed by atoms with Crippen molar-refractivity contribution in [1.82, 2.24) is 10.2 Å². The minimum absolute atomic E-state index is 0.334. The van der Waals surface area contributed by atoms with Gasteiger partial charge in [-0.25, -0.2) is 0 Å². The molecule has 0 aromatic heterocycles. The molecule has 1 aromatic carbocycles. The predicted octanol–water partition coefficient (Wildman–Crippen LogP) is 3.86. The van der Waals surface area contributed by atoms with Gasteiger partial charge in [0.15, 0.2) is 0 Å². The van der Waals surface area contributed by atoms with Crippen molar-refractivity contribution in [3.63, 3.8) is 0 Å². The van der Waals surface area contributed by atoms with Gasteiger partial charge in [-0.1, -0.05) is 57.5 Å². The van der Waals surface area contributed by atoms with Crippen LogP contribution in [0, 0.1) is 0 Å². The molecule has 2 nitrogen and oxygen atoms in total. The Morgan fingerprint density at radius 3 is 2.48 bits per heavy atom. The lowest BCUT2D eigenvalue weighted by Gasteiger charge is -2.47. The molecule has 0 saturated carbocycles. The molecule has 2 heteroatoms. The molecule has 0 bridgehead atoms. The van der Waals surface area contributed by atoms with Gasteiger partial charge in [0.05, 0.1) is 0 Å². The van der Waals surface area contributed by atoms with E-state index in [2.05, 4.69) is 61.3 Å². The van der Waals surface area contributed by atoms with Crippen LogP contribution in [0.1, 0.15) is 52.0 Å². The summed E-state index contributed by atoms with van der Waals surface area (Å²) in [5.41, 5.74) is 1.80. The van der Waals surface area contributed by atoms with Crippen LogP contribution in [0.15, 0.2) is 30.3 Å². The molecule has 0 amide bonds. The Balaban J connectivity index is 2.00. The second kappa shape index (κ2) is 7.95. The number of benzene rings is 1. The average Bonchev–Trinajstić information content (AvgIpc) is 2.55. The maximum atomic E-state index is 3.85. The van der Waals surface area contributed by atoms with Crippen LogP contribution in [0.4, 0.5) is 0 Å². The highest BCUT2D eigenvalue weighted by Gasteiger charge is 2.35. The maximum Gasteiger partial charge on any atom is 0.0304 e. The summed E-state index contributed by atoms with van der Waals surface area (Å²) in [6, 6.07) is 11.6. The highest BCUT2D eigenvalue weighted by molar-refractivity contribution is 5.15. The van der Waals surface area contributed by atoms with E-state index in [-0.39, 0.29) is 0 Å². The standard InChI is InChI=1S/C19H32N2/c1-4-10-18-15-20-19(5-2,6-3)16-21(18)14-13-17-11-8-7-9-12-17/h7-9,11-12,18,20H,4-6,10,13-16H2,1-3H3. The third kappa shape index (κ3) is 4.31.